The van der Waals surface area contributed by atoms with E-state index >= 15 is 0 Å². The number of nitrogens with one attached hydrogen (secondary N) is 1. The van der Waals surface area contributed by atoms with Gasteiger partial charge in [0.1, 0.15) is 0 Å². The highest BCUT2D eigenvalue weighted by Gasteiger charge is 2.24. The van der Waals surface area contributed by atoms with Crippen molar-refractivity contribution in [2.45, 2.75) is 26.3 Å². The Kier molecular flexibility index (Phi) is 6.14. The molecule has 1 saturated carbocycles. The molecule has 4 heteroatoms. The van der Waals surface area contributed by atoms with E-state index in [4.69, 9.17) is 16.3 Å². The van der Waals surface area contributed by atoms with Crippen LogP contribution in [0.3, 0.4) is 0 Å². The summed E-state index contributed by atoms with van der Waals surface area (Å²) in [4.78, 5) is 2.39. The molecule has 3 nitrogen and oxygen atoms in total. The van der Waals surface area contributed by atoms with Gasteiger partial charge in [-0.05, 0) is 43.4 Å². The van der Waals surface area contributed by atoms with Gasteiger partial charge in [0.15, 0.2) is 0 Å². The first kappa shape index (κ1) is 15.6. The van der Waals surface area contributed by atoms with Gasteiger partial charge < -0.3 is 15.0 Å². The number of nitrogens with zero attached hydrogens (tertiary/aromatic N) is 1. The summed E-state index contributed by atoms with van der Waals surface area (Å²) >= 11 is 6.45. The van der Waals surface area contributed by atoms with Crippen LogP contribution in [-0.2, 0) is 11.3 Å². The van der Waals surface area contributed by atoms with Gasteiger partial charge >= 0.3 is 0 Å². The van der Waals surface area contributed by atoms with Crippen molar-refractivity contribution in [1.29, 1.82) is 0 Å². The van der Waals surface area contributed by atoms with Crippen LogP contribution in [0, 0.1) is 5.92 Å². The second-order valence-corrected chi connectivity index (χ2v) is 5.84. The van der Waals surface area contributed by atoms with Crippen molar-refractivity contribution in [3.05, 3.63) is 28.8 Å². The summed E-state index contributed by atoms with van der Waals surface area (Å²) < 4.78 is 5.02. The second-order valence-electron chi connectivity index (χ2n) is 5.44. The topological polar surface area (TPSA) is 24.5 Å². The van der Waals surface area contributed by atoms with Crippen LogP contribution in [0.15, 0.2) is 18.2 Å². The molecule has 0 bridgehead atoms. The highest BCUT2D eigenvalue weighted by atomic mass is 35.5. The average Bonchev–Trinajstić information content (AvgIpc) is 3.26. The third-order valence-corrected chi connectivity index (χ3v) is 4.02. The van der Waals surface area contributed by atoms with Gasteiger partial charge in [0, 0.05) is 33.3 Å². The SMILES string of the molecule is CCN(CC1CC1)c1ccc(CNCCOC)cc1Cl. The highest BCUT2D eigenvalue weighted by molar-refractivity contribution is 6.33. The molecule has 0 radical (unpaired) electrons. The average molecular weight is 297 g/mol. The Morgan fingerprint density at radius 1 is 1.40 bits per heavy atom. The monoisotopic (exact) mass is 296 g/mol. The number of ether oxygens (including phenoxy) is 1. The Morgan fingerprint density at radius 3 is 2.80 bits per heavy atom. The lowest BCUT2D eigenvalue weighted by atomic mass is 10.2. The van der Waals surface area contributed by atoms with Crippen molar-refractivity contribution < 1.29 is 4.74 Å². The largest absolute Gasteiger partial charge is 0.383 e. The number of methoxy groups -OCH3 is 1. The minimum Gasteiger partial charge on any atom is -0.383 e. The summed E-state index contributed by atoms with van der Waals surface area (Å²) in [5, 5.41) is 4.20. The zero-order valence-corrected chi connectivity index (χ0v) is 13.2. The van der Waals surface area contributed by atoms with Gasteiger partial charge in [-0.2, -0.15) is 0 Å². The van der Waals surface area contributed by atoms with Crippen LogP contribution >= 0.6 is 11.6 Å². The zero-order chi connectivity index (χ0) is 14.4. The van der Waals surface area contributed by atoms with Crippen molar-refractivity contribution in [2.75, 3.05) is 38.3 Å². The fourth-order valence-electron chi connectivity index (χ4n) is 2.33. The molecule has 0 saturated heterocycles. The molecule has 20 heavy (non-hydrogen) atoms. The quantitative estimate of drug-likeness (QED) is 0.708. The molecular formula is C16H25ClN2O. The summed E-state index contributed by atoms with van der Waals surface area (Å²) in [5.41, 5.74) is 2.39. The van der Waals surface area contributed by atoms with Crippen LogP contribution in [0.5, 0.6) is 0 Å². The maximum absolute atomic E-state index is 6.45. The molecule has 1 aromatic carbocycles. The van der Waals surface area contributed by atoms with E-state index in [-0.39, 0.29) is 0 Å². The molecule has 0 aliphatic heterocycles. The molecule has 1 aliphatic carbocycles. The lowest BCUT2D eigenvalue weighted by Gasteiger charge is -2.24. The molecule has 0 heterocycles. The van der Waals surface area contributed by atoms with Gasteiger partial charge in [0.2, 0.25) is 0 Å². The molecule has 2 rings (SSSR count). The fraction of sp³-hybridized carbons (Fsp3) is 0.625. The van der Waals surface area contributed by atoms with Gasteiger partial charge in [-0.25, -0.2) is 0 Å². The van der Waals surface area contributed by atoms with E-state index in [9.17, 15) is 0 Å². The standard InChI is InChI=1S/C16H25ClN2O/c1-3-19(12-13-4-5-13)16-7-6-14(10-15(16)17)11-18-8-9-20-2/h6-7,10,13,18H,3-5,8-9,11-12H2,1-2H3. The van der Waals surface area contributed by atoms with Crippen LogP contribution in [0.4, 0.5) is 5.69 Å². The van der Waals surface area contributed by atoms with E-state index < -0.39 is 0 Å². The highest BCUT2D eigenvalue weighted by Crippen LogP contribution is 2.34. The Bertz CT molecular complexity index is 421. The summed E-state index contributed by atoms with van der Waals surface area (Å²) in [5.74, 6) is 0.876. The predicted octanol–water partition coefficient (Wildman–Crippen LogP) is 3.31. The van der Waals surface area contributed by atoms with E-state index in [0.29, 0.717) is 0 Å². The maximum atomic E-state index is 6.45. The number of hydrogen-bond donors (Lipinski definition) is 1. The molecule has 1 fully saturated rings. The normalized spacial score (nSPS) is 14.6. The first-order valence-corrected chi connectivity index (χ1v) is 7.85. The summed E-state index contributed by atoms with van der Waals surface area (Å²) in [6.07, 6.45) is 2.74. The minimum atomic E-state index is 0.733. The van der Waals surface area contributed by atoms with Crippen LogP contribution in [0.25, 0.3) is 0 Å². The smallest absolute Gasteiger partial charge is 0.0642 e. The van der Waals surface area contributed by atoms with Gasteiger partial charge in [0.25, 0.3) is 0 Å². The van der Waals surface area contributed by atoms with Crippen molar-refractivity contribution >= 4 is 17.3 Å². The molecule has 1 aliphatic rings. The van der Waals surface area contributed by atoms with Crippen LogP contribution in [0.1, 0.15) is 25.3 Å². The summed E-state index contributed by atoms with van der Waals surface area (Å²) in [6.45, 7) is 6.77. The molecule has 0 spiro atoms. The molecule has 1 N–H and O–H groups in total. The van der Waals surface area contributed by atoms with Crippen molar-refractivity contribution in [3.63, 3.8) is 0 Å². The van der Waals surface area contributed by atoms with Crippen LogP contribution in [0.2, 0.25) is 5.02 Å². The molecular weight excluding hydrogens is 272 g/mol. The summed E-state index contributed by atoms with van der Waals surface area (Å²) in [6, 6.07) is 6.39. The third-order valence-electron chi connectivity index (χ3n) is 3.72. The van der Waals surface area contributed by atoms with Crippen molar-refractivity contribution in [3.8, 4) is 0 Å². The predicted molar refractivity (Wildman–Crippen MR) is 85.6 cm³/mol. The van der Waals surface area contributed by atoms with Gasteiger partial charge in [-0.1, -0.05) is 17.7 Å². The first-order valence-electron chi connectivity index (χ1n) is 7.47. The number of anilines is 1. The van der Waals surface area contributed by atoms with Gasteiger partial charge in [0.05, 0.1) is 17.3 Å². The van der Waals surface area contributed by atoms with Crippen molar-refractivity contribution in [2.24, 2.45) is 5.92 Å². The Balaban J connectivity index is 1.93. The Labute approximate surface area is 127 Å². The maximum Gasteiger partial charge on any atom is 0.0642 e. The lowest BCUT2D eigenvalue weighted by molar-refractivity contribution is 0.199. The Hall–Kier alpha value is -0.770. The number of hydrogen-bond acceptors (Lipinski definition) is 3. The van der Waals surface area contributed by atoms with Crippen LogP contribution in [-0.4, -0.2) is 33.4 Å². The van der Waals surface area contributed by atoms with E-state index in [1.165, 1.54) is 24.1 Å². The van der Waals surface area contributed by atoms with E-state index in [0.717, 1.165) is 43.7 Å². The van der Waals surface area contributed by atoms with Crippen LogP contribution < -0.4 is 10.2 Å². The first-order chi connectivity index (χ1) is 9.74. The van der Waals surface area contributed by atoms with E-state index in [2.05, 4.69) is 35.3 Å². The zero-order valence-electron chi connectivity index (χ0n) is 12.5. The lowest BCUT2D eigenvalue weighted by Crippen LogP contribution is -2.25. The number of halogens is 1. The second kappa shape index (κ2) is 7.87. The van der Waals surface area contributed by atoms with Crippen molar-refractivity contribution in [1.82, 2.24) is 5.32 Å². The number of benzene rings is 1. The fourth-order valence-corrected chi connectivity index (χ4v) is 2.66. The third kappa shape index (κ3) is 4.65. The molecule has 0 amide bonds. The molecule has 0 aromatic heterocycles. The van der Waals surface area contributed by atoms with Gasteiger partial charge in [-0.3, -0.25) is 0 Å². The minimum absolute atomic E-state index is 0.733. The molecule has 1 aromatic rings. The Morgan fingerprint density at radius 2 is 2.20 bits per heavy atom. The molecule has 112 valence electrons. The summed E-state index contributed by atoms with van der Waals surface area (Å²) in [7, 11) is 1.71. The number of rotatable bonds is 9. The molecule has 0 unspecified atom stereocenters. The molecule has 0 atom stereocenters. The van der Waals surface area contributed by atoms with Gasteiger partial charge in [-0.15, -0.1) is 0 Å². The van der Waals surface area contributed by atoms with E-state index in [1.807, 2.05) is 0 Å². The van der Waals surface area contributed by atoms with E-state index in [1.54, 1.807) is 7.11 Å².